The van der Waals surface area contributed by atoms with Crippen LogP contribution in [0.2, 0.25) is 0 Å². The summed E-state index contributed by atoms with van der Waals surface area (Å²) in [7, 11) is 3.64. The molecule has 1 aromatic carbocycles. The first-order valence-electron chi connectivity index (χ1n) is 4.73. The third kappa shape index (κ3) is 3.39. The van der Waals surface area contributed by atoms with E-state index < -0.39 is 0 Å². The van der Waals surface area contributed by atoms with Crippen LogP contribution < -0.4 is 9.64 Å². The number of anilines is 1. The summed E-state index contributed by atoms with van der Waals surface area (Å²) in [5.74, 6) is 1.86. The van der Waals surface area contributed by atoms with Crippen LogP contribution in [0.15, 0.2) is 24.3 Å². The molecular weight excluding hydrogens is 226 g/mol. The Morgan fingerprint density at radius 1 is 1.40 bits per heavy atom. The van der Waals surface area contributed by atoms with Crippen LogP contribution in [0, 0.1) is 0 Å². The topological polar surface area (TPSA) is 12.5 Å². The standard InChI is InChI=1S/C11H15NOS2/c1-4-15-11(14)12(2)9-5-7-10(13-3)8-6-9/h5-8H,4H2,1-3H3. The third-order valence-electron chi connectivity index (χ3n) is 2.00. The Labute approximate surface area is 101 Å². The number of benzene rings is 1. The summed E-state index contributed by atoms with van der Waals surface area (Å²) in [5, 5.41) is 0. The quantitative estimate of drug-likeness (QED) is 0.753. The van der Waals surface area contributed by atoms with Gasteiger partial charge in [-0.3, -0.25) is 0 Å². The van der Waals surface area contributed by atoms with Gasteiger partial charge >= 0.3 is 0 Å². The first kappa shape index (κ1) is 12.3. The maximum atomic E-state index is 5.28. The number of methoxy groups -OCH3 is 1. The fraction of sp³-hybridized carbons (Fsp3) is 0.364. The third-order valence-corrected chi connectivity index (χ3v) is 3.44. The normalized spacial score (nSPS) is 9.80. The summed E-state index contributed by atoms with van der Waals surface area (Å²) in [6.45, 7) is 2.10. The van der Waals surface area contributed by atoms with Crippen molar-refractivity contribution in [2.24, 2.45) is 0 Å². The molecule has 0 radical (unpaired) electrons. The maximum Gasteiger partial charge on any atom is 0.140 e. The van der Waals surface area contributed by atoms with E-state index in [-0.39, 0.29) is 0 Å². The fourth-order valence-electron chi connectivity index (χ4n) is 1.13. The van der Waals surface area contributed by atoms with Gasteiger partial charge < -0.3 is 9.64 Å². The van der Waals surface area contributed by atoms with E-state index >= 15 is 0 Å². The van der Waals surface area contributed by atoms with E-state index in [1.54, 1.807) is 18.9 Å². The van der Waals surface area contributed by atoms with E-state index in [2.05, 4.69) is 6.92 Å². The molecule has 1 rings (SSSR count). The van der Waals surface area contributed by atoms with Crippen molar-refractivity contribution >= 4 is 34.0 Å². The maximum absolute atomic E-state index is 5.28. The van der Waals surface area contributed by atoms with Gasteiger partial charge in [0.2, 0.25) is 0 Å². The molecule has 0 aliphatic carbocycles. The van der Waals surface area contributed by atoms with E-state index in [0.717, 1.165) is 21.5 Å². The summed E-state index contributed by atoms with van der Waals surface area (Å²) < 4.78 is 5.99. The molecule has 0 amide bonds. The van der Waals surface area contributed by atoms with Gasteiger partial charge in [-0.2, -0.15) is 0 Å². The molecule has 0 unspecified atom stereocenters. The Morgan fingerprint density at radius 2 is 2.00 bits per heavy atom. The molecular formula is C11H15NOS2. The zero-order valence-electron chi connectivity index (χ0n) is 9.19. The molecule has 0 aliphatic rings. The molecule has 1 aromatic rings. The van der Waals surface area contributed by atoms with Crippen molar-refractivity contribution in [2.45, 2.75) is 6.92 Å². The van der Waals surface area contributed by atoms with E-state index in [1.165, 1.54) is 0 Å². The number of ether oxygens (including phenoxy) is 1. The molecule has 82 valence electrons. The molecule has 0 heterocycles. The van der Waals surface area contributed by atoms with Gasteiger partial charge in [-0.25, -0.2) is 0 Å². The molecule has 2 nitrogen and oxygen atoms in total. The van der Waals surface area contributed by atoms with Gasteiger partial charge in [-0.1, -0.05) is 30.9 Å². The second kappa shape index (κ2) is 5.98. The highest BCUT2D eigenvalue weighted by atomic mass is 32.2. The minimum absolute atomic E-state index is 0.862. The summed E-state index contributed by atoms with van der Waals surface area (Å²) in [6.07, 6.45) is 0. The second-order valence-electron chi connectivity index (χ2n) is 2.96. The van der Waals surface area contributed by atoms with Gasteiger partial charge in [0.25, 0.3) is 0 Å². The van der Waals surface area contributed by atoms with Gasteiger partial charge in [0.1, 0.15) is 10.1 Å². The number of rotatable bonds is 3. The van der Waals surface area contributed by atoms with Crippen LogP contribution in [0.3, 0.4) is 0 Å². The molecule has 4 heteroatoms. The lowest BCUT2D eigenvalue weighted by Gasteiger charge is -2.19. The Bertz CT molecular complexity index is 324. The number of hydrogen-bond acceptors (Lipinski definition) is 3. The SMILES string of the molecule is CCSC(=S)N(C)c1ccc(OC)cc1. The monoisotopic (exact) mass is 241 g/mol. The van der Waals surface area contributed by atoms with Crippen LogP contribution in [0.1, 0.15) is 6.92 Å². The van der Waals surface area contributed by atoms with Crippen molar-refractivity contribution in [1.82, 2.24) is 0 Å². The largest absolute Gasteiger partial charge is 0.497 e. The van der Waals surface area contributed by atoms with E-state index in [4.69, 9.17) is 17.0 Å². The average molecular weight is 241 g/mol. The van der Waals surface area contributed by atoms with Gasteiger partial charge in [-0.15, -0.1) is 0 Å². The Balaban J connectivity index is 2.73. The minimum atomic E-state index is 0.862. The smallest absolute Gasteiger partial charge is 0.140 e. The predicted molar refractivity (Wildman–Crippen MR) is 72.1 cm³/mol. The fourth-order valence-corrected chi connectivity index (χ4v) is 2.14. The predicted octanol–water partition coefficient (Wildman–Crippen LogP) is 3.17. The molecule has 0 N–H and O–H groups in total. The first-order valence-corrected chi connectivity index (χ1v) is 6.13. The van der Waals surface area contributed by atoms with E-state index in [1.807, 2.05) is 36.2 Å². The average Bonchev–Trinajstić information content (AvgIpc) is 2.28. The molecule has 15 heavy (non-hydrogen) atoms. The molecule has 0 aliphatic heterocycles. The van der Waals surface area contributed by atoms with Gasteiger partial charge in [0, 0.05) is 12.7 Å². The van der Waals surface area contributed by atoms with Crippen LogP contribution in [-0.2, 0) is 0 Å². The molecule has 0 spiro atoms. The van der Waals surface area contributed by atoms with Crippen molar-refractivity contribution in [3.63, 3.8) is 0 Å². The highest BCUT2D eigenvalue weighted by Crippen LogP contribution is 2.21. The molecule has 0 bridgehead atoms. The molecule has 0 fully saturated rings. The summed E-state index contributed by atoms with van der Waals surface area (Å²) in [6, 6.07) is 7.87. The van der Waals surface area contributed by atoms with Crippen molar-refractivity contribution in [1.29, 1.82) is 0 Å². The number of nitrogens with zero attached hydrogens (tertiary/aromatic N) is 1. The van der Waals surface area contributed by atoms with Crippen LogP contribution in [-0.4, -0.2) is 24.2 Å². The lowest BCUT2D eigenvalue weighted by atomic mass is 10.3. The van der Waals surface area contributed by atoms with Gasteiger partial charge in [0.15, 0.2) is 0 Å². The van der Waals surface area contributed by atoms with Crippen molar-refractivity contribution in [2.75, 3.05) is 24.8 Å². The van der Waals surface area contributed by atoms with E-state index in [0.29, 0.717) is 0 Å². The summed E-state index contributed by atoms with van der Waals surface area (Å²) in [4.78, 5) is 2.00. The Hall–Kier alpha value is -0.740. The Kier molecular flexibility index (Phi) is 4.91. The summed E-state index contributed by atoms with van der Waals surface area (Å²) >= 11 is 6.95. The zero-order valence-corrected chi connectivity index (χ0v) is 10.8. The van der Waals surface area contributed by atoms with Crippen molar-refractivity contribution < 1.29 is 4.74 Å². The highest BCUT2D eigenvalue weighted by molar-refractivity contribution is 8.23. The number of thioether (sulfide) groups is 1. The first-order chi connectivity index (χ1) is 7.19. The Morgan fingerprint density at radius 3 is 2.47 bits per heavy atom. The number of hydrogen-bond donors (Lipinski definition) is 0. The molecule has 0 aromatic heterocycles. The second-order valence-corrected chi connectivity index (χ2v) is 4.85. The van der Waals surface area contributed by atoms with Gasteiger partial charge in [-0.05, 0) is 30.0 Å². The molecule has 0 saturated heterocycles. The summed E-state index contributed by atoms with van der Waals surface area (Å²) in [5.41, 5.74) is 1.08. The van der Waals surface area contributed by atoms with E-state index in [9.17, 15) is 0 Å². The van der Waals surface area contributed by atoms with Gasteiger partial charge in [0.05, 0.1) is 7.11 Å². The zero-order chi connectivity index (χ0) is 11.3. The highest BCUT2D eigenvalue weighted by Gasteiger charge is 2.06. The lowest BCUT2D eigenvalue weighted by Crippen LogP contribution is -2.21. The van der Waals surface area contributed by atoms with Crippen molar-refractivity contribution in [3.05, 3.63) is 24.3 Å². The molecule has 0 atom stereocenters. The van der Waals surface area contributed by atoms with Crippen LogP contribution >= 0.6 is 24.0 Å². The van der Waals surface area contributed by atoms with Crippen LogP contribution in [0.25, 0.3) is 0 Å². The lowest BCUT2D eigenvalue weighted by molar-refractivity contribution is 0.415. The van der Waals surface area contributed by atoms with Crippen molar-refractivity contribution in [3.8, 4) is 5.75 Å². The molecule has 0 saturated carbocycles. The number of thiocarbonyl (C=S) groups is 1. The minimum Gasteiger partial charge on any atom is -0.497 e. The van der Waals surface area contributed by atoms with Crippen LogP contribution in [0.4, 0.5) is 5.69 Å². The van der Waals surface area contributed by atoms with Crippen LogP contribution in [0.5, 0.6) is 5.75 Å².